The van der Waals surface area contributed by atoms with E-state index >= 15 is 0 Å². The highest BCUT2D eigenvalue weighted by molar-refractivity contribution is 6.12. The average molecular weight is 485 g/mol. The monoisotopic (exact) mass is 484 g/mol. The van der Waals surface area contributed by atoms with Crippen LogP contribution in [0.3, 0.4) is 0 Å². The van der Waals surface area contributed by atoms with Crippen LogP contribution in [0, 0.1) is 0 Å². The van der Waals surface area contributed by atoms with Crippen molar-refractivity contribution in [2.75, 3.05) is 0 Å². The van der Waals surface area contributed by atoms with Crippen LogP contribution in [0.25, 0.3) is 55.4 Å². The molecule has 37 heavy (non-hydrogen) atoms. The van der Waals surface area contributed by atoms with Crippen LogP contribution in [0.1, 0.15) is 52.8 Å². The van der Waals surface area contributed by atoms with E-state index in [9.17, 15) is 0 Å². The molecule has 3 heteroatoms. The summed E-state index contributed by atoms with van der Waals surface area (Å²) < 4.78 is 6.71. The van der Waals surface area contributed by atoms with Crippen molar-refractivity contribution in [1.29, 1.82) is 0 Å². The molecular weight excluding hydrogens is 452 g/mol. The Kier molecular flexibility index (Phi) is 5.24. The topological polar surface area (TPSA) is 38.9 Å². The number of nitrogens with zero attached hydrogens (tertiary/aromatic N) is 2. The van der Waals surface area contributed by atoms with Crippen LogP contribution in [-0.4, -0.2) is 9.97 Å². The lowest BCUT2D eigenvalue weighted by Gasteiger charge is -2.25. The van der Waals surface area contributed by atoms with Crippen LogP contribution in [0.4, 0.5) is 0 Å². The molecule has 0 fully saturated rings. The van der Waals surface area contributed by atoms with Gasteiger partial charge in [-0.1, -0.05) is 90.1 Å². The third kappa shape index (κ3) is 4.09. The van der Waals surface area contributed by atoms with E-state index in [1.165, 1.54) is 5.56 Å². The van der Waals surface area contributed by atoms with Crippen LogP contribution in [-0.2, 0) is 10.8 Å². The number of hydrogen-bond acceptors (Lipinski definition) is 3. The molecule has 0 spiro atoms. The summed E-state index contributed by atoms with van der Waals surface area (Å²) in [7, 11) is 0. The number of benzene rings is 3. The minimum absolute atomic E-state index is 0.00832. The van der Waals surface area contributed by atoms with Gasteiger partial charge in [0.25, 0.3) is 0 Å². The molecule has 0 atom stereocenters. The second-order valence-electron chi connectivity index (χ2n) is 12.0. The Morgan fingerprint density at radius 1 is 0.568 bits per heavy atom. The van der Waals surface area contributed by atoms with Gasteiger partial charge in [-0.2, -0.15) is 0 Å². The summed E-state index contributed by atoms with van der Waals surface area (Å²) >= 11 is 0. The summed E-state index contributed by atoms with van der Waals surface area (Å²) in [5, 5.41) is 3.31. The second-order valence-corrected chi connectivity index (χ2v) is 12.0. The zero-order valence-electron chi connectivity index (χ0n) is 22.4. The van der Waals surface area contributed by atoms with Gasteiger partial charge < -0.3 is 4.42 Å². The Morgan fingerprint density at radius 2 is 1.22 bits per heavy atom. The number of hydrogen-bond donors (Lipinski definition) is 0. The maximum absolute atomic E-state index is 6.71. The highest BCUT2D eigenvalue weighted by Crippen LogP contribution is 2.40. The van der Waals surface area contributed by atoms with E-state index < -0.39 is 0 Å². The molecule has 3 heterocycles. The zero-order valence-corrected chi connectivity index (χ0v) is 22.4. The maximum Gasteiger partial charge on any atom is 0.144 e. The van der Waals surface area contributed by atoms with Crippen molar-refractivity contribution in [1.82, 2.24) is 9.97 Å². The van der Waals surface area contributed by atoms with E-state index in [1.807, 2.05) is 12.1 Å². The van der Waals surface area contributed by atoms with E-state index in [4.69, 9.17) is 14.4 Å². The molecule has 0 bridgehead atoms. The lowest BCUT2D eigenvalue weighted by atomic mass is 9.82. The van der Waals surface area contributed by atoms with Crippen LogP contribution in [0.5, 0.6) is 0 Å². The summed E-state index contributed by atoms with van der Waals surface area (Å²) in [6.45, 7) is 13.4. The van der Waals surface area contributed by atoms with Crippen molar-refractivity contribution < 1.29 is 4.42 Å². The fraction of sp³-hybridized carbons (Fsp3) is 0.235. The van der Waals surface area contributed by atoms with Gasteiger partial charge in [-0.05, 0) is 47.4 Å². The van der Waals surface area contributed by atoms with E-state index in [-0.39, 0.29) is 10.8 Å². The van der Waals surface area contributed by atoms with Crippen LogP contribution < -0.4 is 0 Å². The Hall–Kier alpha value is -3.98. The largest absolute Gasteiger partial charge is 0.455 e. The first-order chi connectivity index (χ1) is 17.6. The average Bonchev–Trinajstić information content (AvgIpc) is 3.26. The van der Waals surface area contributed by atoms with Gasteiger partial charge in [0.1, 0.15) is 11.2 Å². The minimum Gasteiger partial charge on any atom is -0.455 e. The minimum atomic E-state index is -0.0628. The molecule has 0 amide bonds. The van der Waals surface area contributed by atoms with Crippen molar-refractivity contribution >= 4 is 32.8 Å². The summed E-state index contributed by atoms with van der Waals surface area (Å²) in [5.41, 5.74) is 8.88. The molecule has 0 N–H and O–H groups in total. The van der Waals surface area contributed by atoms with Gasteiger partial charge in [-0.25, -0.2) is 4.98 Å². The van der Waals surface area contributed by atoms with Gasteiger partial charge in [0.15, 0.2) is 0 Å². The fourth-order valence-electron chi connectivity index (χ4n) is 4.93. The van der Waals surface area contributed by atoms with Gasteiger partial charge >= 0.3 is 0 Å². The third-order valence-electron chi connectivity index (χ3n) is 7.13. The molecule has 3 aromatic heterocycles. The van der Waals surface area contributed by atoms with Crippen LogP contribution >= 0.6 is 0 Å². The van der Waals surface area contributed by atoms with Gasteiger partial charge in [0.2, 0.25) is 0 Å². The van der Waals surface area contributed by atoms with Gasteiger partial charge in [0.05, 0.1) is 16.9 Å². The molecule has 6 aromatic rings. The van der Waals surface area contributed by atoms with Crippen LogP contribution in [0.2, 0.25) is 0 Å². The molecule has 0 radical (unpaired) electrons. The highest BCUT2D eigenvalue weighted by Gasteiger charge is 2.24. The molecular formula is C34H32N2O. The number of para-hydroxylation sites is 3. The van der Waals surface area contributed by atoms with Crippen molar-refractivity contribution in [3.8, 4) is 22.5 Å². The summed E-state index contributed by atoms with van der Waals surface area (Å²) in [6.07, 6.45) is 0. The summed E-state index contributed by atoms with van der Waals surface area (Å²) in [4.78, 5) is 10.1. The SMILES string of the molecule is CC(C)(C)c1cc(-c2cccc3c2oc2c(-c4ccc5ccccc5n4)cccc23)nc(C(C)(C)C)c1. The molecule has 0 saturated carbocycles. The van der Waals surface area contributed by atoms with E-state index in [0.29, 0.717) is 0 Å². The van der Waals surface area contributed by atoms with E-state index in [2.05, 4.69) is 114 Å². The zero-order chi connectivity index (χ0) is 25.9. The van der Waals surface area contributed by atoms with Gasteiger partial charge in [-0.3, -0.25) is 4.98 Å². The summed E-state index contributed by atoms with van der Waals surface area (Å²) in [5.74, 6) is 0. The van der Waals surface area contributed by atoms with Crippen molar-refractivity contribution in [2.24, 2.45) is 0 Å². The third-order valence-corrected chi connectivity index (χ3v) is 7.13. The molecule has 0 unspecified atom stereocenters. The molecule has 0 aliphatic heterocycles. The first-order valence-corrected chi connectivity index (χ1v) is 12.9. The number of pyridine rings is 2. The number of aromatic nitrogens is 2. The Morgan fingerprint density at radius 3 is 1.86 bits per heavy atom. The summed E-state index contributed by atoms with van der Waals surface area (Å²) in [6, 6.07) is 29.6. The molecule has 184 valence electrons. The Bertz CT molecular complexity index is 1760. The molecule has 0 saturated heterocycles. The second kappa shape index (κ2) is 8.27. The Labute approximate surface area is 218 Å². The maximum atomic E-state index is 6.71. The number of rotatable bonds is 2. The smallest absolute Gasteiger partial charge is 0.144 e. The molecule has 3 nitrogen and oxygen atoms in total. The first kappa shape index (κ1) is 23.4. The van der Waals surface area contributed by atoms with Gasteiger partial charge in [-0.15, -0.1) is 0 Å². The number of fused-ring (bicyclic) bond motifs is 4. The van der Waals surface area contributed by atoms with E-state index in [0.717, 1.165) is 61.1 Å². The normalized spacial score (nSPS) is 12.6. The van der Waals surface area contributed by atoms with Crippen molar-refractivity contribution in [3.63, 3.8) is 0 Å². The number of furan rings is 1. The lowest BCUT2D eigenvalue weighted by Crippen LogP contribution is -2.18. The van der Waals surface area contributed by atoms with Gasteiger partial charge in [0, 0.05) is 38.4 Å². The Balaban J connectivity index is 1.60. The molecule has 0 aliphatic rings. The van der Waals surface area contributed by atoms with E-state index in [1.54, 1.807) is 0 Å². The fourth-order valence-corrected chi connectivity index (χ4v) is 4.93. The predicted molar refractivity (Wildman–Crippen MR) is 155 cm³/mol. The molecule has 3 aromatic carbocycles. The lowest BCUT2D eigenvalue weighted by molar-refractivity contribution is 0.553. The van der Waals surface area contributed by atoms with Crippen LogP contribution in [0.15, 0.2) is 89.3 Å². The molecule has 0 aliphatic carbocycles. The molecule has 6 rings (SSSR count). The van der Waals surface area contributed by atoms with Crippen molar-refractivity contribution in [2.45, 2.75) is 52.4 Å². The quantitative estimate of drug-likeness (QED) is 0.246. The standard InChI is InChI=1S/C34H32N2O/c1-33(2,3)22-19-29(36-30(20-22)34(4,5)6)26-15-10-13-24-23-12-9-14-25(31(23)37-32(24)26)28-18-17-21-11-7-8-16-27(21)35-28/h7-20H,1-6H3. The highest BCUT2D eigenvalue weighted by atomic mass is 16.3. The predicted octanol–water partition coefficient (Wildman–Crippen LogP) is 9.46. The van der Waals surface area contributed by atoms with Crippen molar-refractivity contribution in [3.05, 3.63) is 96.2 Å². The first-order valence-electron chi connectivity index (χ1n) is 12.9.